The van der Waals surface area contributed by atoms with Gasteiger partial charge in [-0.15, -0.1) is 0 Å². The third-order valence-electron chi connectivity index (χ3n) is 2.37. The molecule has 2 heteroatoms. The van der Waals surface area contributed by atoms with E-state index in [0.717, 1.165) is 13.0 Å². The summed E-state index contributed by atoms with van der Waals surface area (Å²) in [5, 5.41) is 0. The van der Waals surface area contributed by atoms with Gasteiger partial charge in [0.15, 0.2) is 0 Å². The Balaban J connectivity index is 2.49. The van der Waals surface area contributed by atoms with Gasteiger partial charge < -0.3 is 0 Å². The van der Waals surface area contributed by atoms with Crippen LogP contribution in [0.2, 0.25) is 0 Å². The maximum Gasteiger partial charge on any atom is 0.117 e. The third-order valence-corrected chi connectivity index (χ3v) is 2.37. The Labute approximate surface area is 62.2 Å². The largest absolute Gasteiger partial charge is 0.295 e. The summed E-state index contributed by atoms with van der Waals surface area (Å²) in [6.45, 7) is 7.14. The van der Waals surface area contributed by atoms with Crippen molar-refractivity contribution in [2.24, 2.45) is 0 Å². The minimum atomic E-state index is -0.595. The first-order valence-electron chi connectivity index (χ1n) is 4.02. The number of likely N-dealkylation sites (tertiary alicyclic amines) is 1. The quantitative estimate of drug-likeness (QED) is 0.544. The van der Waals surface area contributed by atoms with Crippen molar-refractivity contribution in [3.05, 3.63) is 0 Å². The van der Waals surface area contributed by atoms with Gasteiger partial charge in [-0.1, -0.05) is 0 Å². The van der Waals surface area contributed by atoms with Gasteiger partial charge >= 0.3 is 0 Å². The van der Waals surface area contributed by atoms with E-state index in [1.165, 1.54) is 0 Å². The summed E-state index contributed by atoms with van der Waals surface area (Å²) in [6.07, 6.45) is 0.127. The molecule has 0 unspecified atom stereocenters. The maximum absolute atomic E-state index is 12.9. The molecule has 0 N–H and O–H groups in total. The molecular formula is C8H16FN. The summed E-state index contributed by atoms with van der Waals surface area (Å²) in [5.74, 6) is 0. The van der Waals surface area contributed by atoms with E-state index in [4.69, 9.17) is 0 Å². The Hall–Kier alpha value is -0.110. The molecule has 1 heterocycles. The van der Waals surface area contributed by atoms with Gasteiger partial charge in [-0.3, -0.25) is 4.90 Å². The average molecular weight is 145 g/mol. The molecule has 1 rings (SSSR count). The molecule has 0 aliphatic carbocycles. The highest BCUT2D eigenvalue weighted by atomic mass is 19.1. The van der Waals surface area contributed by atoms with Gasteiger partial charge in [-0.2, -0.15) is 0 Å². The summed E-state index contributed by atoms with van der Waals surface area (Å²) in [5.41, 5.74) is 0. The first-order chi connectivity index (χ1) is 4.63. The fourth-order valence-corrected chi connectivity index (χ4v) is 1.65. The van der Waals surface area contributed by atoms with Crippen molar-refractivity contribution in [1.29, 1.82) is 0 Å². The highest BCUT2D eigenvalue weighted by Crippen LogP contribution is 2.22. The van der Waals surface area contributed by atoms with Crippen LogP contribution in [-0.4, -0.2) is 29.7 Å². The lowest BCUT2D eigenvalue weighted by molar-refractivity contribution is 0.173. The van der Waals surface area contributed by atoms with Crippen molar-refractivity contribution in [2.75, 3.05) is 6.54 Å². The predicted molar refractivity (Wildman–Crippen MR) is 40.8 cm³/mol. The zero-order valence-electron chi connectivity index (χ0n) is 6.97. The Kier molecular flexibility index (Phi) is 2.29. The number of rotatable bonds is 1. The lowest BCUT2D eigenvalue weighted by atomic mass is 10.2. The van der Waals surface area contributed by atoms with Gasteiger partial charge in [0.2, 0.25) is 0 Å². The van der Waals surface area contributed by atoms with Crippen molar-refractivity contribution < 1.29 is 4.39 Å². The minimum absolute atomic E-state index is 0.139. The number of nitrogens with zero attached hydrogens (tertiary/aromatic N) is 1. The lowest BCUT2D eigenvalue weighted by Gasteiger charge is -2.25. The van der Waals surface area contributed by atoms with Crippen molar-refractivity contribution in [2.45, 2.75) is 45.4 Å². The molecule has 1 aliphatic heterocycles. The fourth-order valence-electron chi connectivity index (χ4n) is 1.65. The van der Waals surface area contributed by atoms with Gasteiger partial charge in [0.05, 0.1) is 0 Å². The van der Waals surface area contributed by atoms with Crippen LogP contribution in [0.5, 0.6) is 0 Å². The van der Waals surface area contributed by atoms with Crippen LogP contribution in [0, 0.1) is 0 Å². The topological polar surface area (TPSA) is 3.24 Å². The molecule has 0 aromatic carbocycles. The fraction of sp³-hybridized carbons (Fsp3) is 1.00. The Morgan fingerprint density at radius 2 is 2.10 bits per heavy atom. The van der Waals surface area contributed by atoms with E-state index in [0.29, 0.717) is 6.04 Å². The number of hydrogen-bond donors (Lipinski definition) is 0. The molecule has 1 saturated heterocycles. The molecule has 0 bridgehead atoms. The SMILES string of the molecule is CC(C)N1CC[C@H](F)[C@H]1C. The minimum Gasteiger partial charge on any atom is -0.295 e. The highest BCUT2D eigenvalue weighted by Gasteiger charge is 2.31. The molecule has 10 heavy (non-hydrogen) atoms. The van der Waals surface area contributed by atoms with E-state index < -0.39 is 6.17 Å². The zero-order chi connectivity index (χ0) is 7.72. The first-order valence-corrected chi connectivity index (χ1v) is 4.02. The predicted octanol–water partition coefficient (Wildman–Crippen LogP) is 1.83. The molecule has 0 radical (unpaired) electrons. The Morgan fingerprint density at radius 3 is 2.30 bits per heavy atom. The van der Waals surface area contributed by atoms with Gasteiger partial charge in [0.25, 0.3) is 0 Å². The van der Waals surface area contributed by atoms with Crippen LogP contribution < -0.4 is 0 Å². The number of halogens is 1. The molecular weight excluding hydrogens is 129 g/mol. The van der Waals surface area contributed by atoms with Crippen LogP contribution >= 0.6 is 0 Å². The molecule has 1 nitrogen and oxygen atoms in total. The molecule has 2 atom stereocenters. The van der Waals surface area contributed by atoms with E-state index in [9.17, 15) is 4.39 Å². The van der Waals surface area contributed by atoms with Crippen molar-refractivity contribution in [3.63, 3.8) is 0 Å². The van der Waals surface area contributed by atoms with Crippen LogP contribution in [0.1, 0.15) is 27.2 Å². The van der Waals surface area contributed by atoms with Crippen LogP contribution in [0.15, 0.2) is 0 Å². The normalized spacial score (nSPS) is 35.7. The molecule has 0 aromatic heterocycles. The van der Waals surface area contributed by atoms with E-state index in [1.807, 2.05) is 6.92 Å². The second-order valence-corrected chi connectivity index (χ2v) is 3.38. The van der Waals surface area contributed by atoms with Crippen molar-refractivity contribution in [3.8, 4) is 0 Å². The van der Waals surface area contributed by atoms with Gasteiger partial charge in [0, 0.05) is 18.6 Å². The molecule has 1 aliphatic rings. The Morgan fingerprint density at radius 1 is 1.50 bits per heavy atom. The summed E-state index contributed by atoms with van der Waals surface area (Å²) in [6, 6.07) is 0.635. The molecule has 0 aromatic rings. The molecule has 0 saturated carbocycles. The second-order valence-electron chi connectivity index (χ2n) is 3.38. The van der Waals surface area contributed by atoms with E-state index in [-0.39, 0.29) is 6.04 Å². The summed E-state index contributed by atoms with van der Waals surface area (Å²) < 4.78 is 12.9. The molecule has 1 fully saturated rings. The molecule has 60 valence electrons. The van der Waals surface area contributed by atoms with Crippen molar-refractivity contribution >= 4 is 0 Å². The monoisotopic (exact) mass is 145 g/mol. The standard InChI is InChI=1S/C8H16FN/c1-6(2)10-5-4-8(9)7(10)3/h6-8H,4-5H2,1-3H3/t7-,8+/m1/s1. The van der Waals surface area contributed by atoms with E-state index in [1.54, 1.807) is 0 Å². The van der Waals surface area contributed by atoms with Gasteiger partial charge in [0.1, 0.15) is 6.17 Å². The summed E-state index contributed by atoms with van der Waals surface area (Å²) in [7, 11) is 0. The first kappa shape index (κ1) is 7.99. The third kappa shape index (κ3) is 1.31. The smallest absolute Gasteiger partial charge is 0.117 e. The van der Waals surface area contributed by atoms with Crippen LogP contribution in [0.25, 0.3) is 0 Å². The highest BCUT2D eigenvalue weighted by molar-refractivity contribution is 4.85. The summed E-state index contributed by atoms with van der Waals surface area (Å²) in [4.78, 5) is 2.21. The van der Waals surface area contributed by atoms with Crippen molar-refractivity contribution in [1.82, 2.24) is 4.90 Å². The maximum atomic E-state index is 12.9. The van der Waals surface area contributed by atoms with E-state index >= 15 is 0 Å². The van der Waals surface area contributed by atoms with E-state index in [2.05, 4.69) is 18.7 Å². The van der Waals surface area contributed by atoms with Gasteiger partial charge in [-0.05, 0) is 27.2 Å². The van der Waals surface area contributed by atoms with Gasteiger partial charge in [-0.25, -0.2) is 4.39 Å². The van der Waals surface area contributed by atoms with Crippen LogP contribution in [-0.2, 0) is 0 Å². The lowest BCUT2D eigenvalue weighted by Crippen LogP contribution is -2.36. The second kappa shape index (κ2) is 2.87. The zero-order valence-corrected chi connectivity index (χ0v) is 6.97. The average Bonchev–Trinajstić information content (AvgIpc) is 2.14. The number of alkyl halides is 1. The van der Waals surface area contributed by atoms with Crippen LogP contribution in [0.3, 0.4) is 0 Å². The molecule has 0 amide bonds. The Bertz CT molecular complexity index is 114. The summed E-state index contributed by atoms with van der Waals surface area (Å²) >= 11 is 0. The molecule has 0 spiro atoms. The van der Waals surface area contributed by atoms with Crippen LogP contribution in [0.4, 0.5) is 4.39 Å². The number of hydrogen-bond acceptors (Lipinski definition) is 1.